The number of carboxylic acids is 1. The highest BCUT2D eigenvalue weighted by Gasteiger charge is 2.28. The Morgan fingerprint density at radius 2 is 1.95 bits per heavy atom. The molecule has 6 nitrogen and oxygen atoms in total. The molecule has 2 amide bonds. The normalized spacial score (nSPS) is 18.4. The number of carbonyl (C=O) groups excluding carboxylic acids is 1. The second-order valence-corrected chi connectivity index (χ2v) is 5.15. The molecule has 19 heavy (non-hydrogen) atoms. The van der Waals surface area contributed by atoms with Crippen molar-refractivity contribution in [1.82, 2.24) is 10.2 Å². The molecule has 0 aromatic rings. The van der Waals surface area contributed by atoms with Crippen molar-refractivity contribution in [2.24, 2.45) is 5.92 Å². The summed E-state index contributed by atoms with van der Waals surface area (Å²) in [6.07, 6.45) is 1.83. The lowest BCUT2D eigenvalue weighted by Crippen LogP contribution is -2.52. The van der Waals surface area contributed by atoms with Crippen LogP contribution >= 0.6 is 0 Å². The Bertz CT molecular complexity index is 312. The smallest absolute Gasteiger partial charge is 0.326 e. The number of likely N-dealkylation sites (tertiary alicyclic amines) is 1. The van der Waals surface area contributed by atoms with Gasteiger partial charge in [-0.1, -0.05) is 13.8 Å². The molecule has 0 radical (unpaired) electrons. The van der Waals surface area contributed by atoms with Crippen LogP contribution in [0.4, 0.5) is 4.79 Å². The molecule has 110 valence electrons. The summed E-state index contributed by atoms with van der Waals surface area (Å²) >= 11 is 0. The molecule has 1 atom stereocenters. The Morgan fingerprint density at radius 3 is 2.37 bits per heavy atom. The van der Waals surface area contributed by atoms with Crippen molar-refractivity contribution >= 4 is 12.0 Å². The first-order valence-corrected chi connectivity index (χ1v) is 6.85. The van der Waals surface area contributed by atoms with Crippen LogP contribution in [-0.4, -0.2) is 53.8 Å². The van der Waals surface area contributed by atoms with E-state index in [1.165, 1.54) is 0 Å². The number of hydrogen-bond donors (Lipinski definition) is 2. The molecule has 1 aliphatic heterocycles. The van der Waals surface area contributed by atoms with E-state index < -0.39 is 12.0 Å². The van der Waals surface area contributed by atoms with Crippen molar-refractivity contribution in [3.05, 3.63) is 0 Å². The first-order chi connectivity index (χ1) is 8.95. The summed E-state index contributed by atoms with van der Waals surface area (Å²) in [5.41, 5.74) is 0. The Hall–Kier alpha value is -1.30. The molecule has 1 aliphatic rings. The second kappa shape index (κ2) is 7.33. The third-order valence-corrected chi connectivity index (χ3v) is 3.34. The standard InChI is InChI=1S/C13H24N2O4/c1-4-19-10-5-7-15(8-6-10)13(18)14-11(9(2)3)12(16)17/h9-11H,4-8H2,1-3H3,(H,14,18)(H,16,17)/t11-/m1/s1. The van der Waals surface area contributed by atoms with Crippen molar-refractivity contribution in [3.63, 3.8) is 0 Å². The zero-order chi connectivity index (χ0) is 14.4. The molecular formula is C13H24N2O4. The number of amides is 2. The molecule has 0 aromatic carbocycles. The number of nitrogens with one attached hydrogen (secondary N) is 1. The van der Waals surface area contributed by atoms with Crippen LogP contribution in [0.25, 0.3) is 0 Å². The quantitative estimate of drug-likeness (QED) is 0.791. The fourth-order valence-corrected chi connectivity index (χ4v) is 2.20. The zero-order valence-electron chi connectivity index (χ0n) is 11.9. The minimum absolute atomic E-state index is 0.137. The average molecular weight is 272 g/mol. The molecule has 0 aliphatic carbocycles. The van der Waals surface area contributed by atoms with E-state index in [1.54, 1.807) is 18.7 Å². The molecule has 2 N–H and O–H groups in total. The SMILES string of the molecule is CCOC1CCN(C(=O)N[C@@H](C(=O)O)C(C)C)CC1. The van der Waals surface area contributed by atoms with Crippen molar-refractivity contribution in [1.29, 1.82) is 0 Å². The van der Waals surface area contributed by atoms with Crippen molar-refractivity contribution in [3.8, 4) is 0 Å². The highest BCUT2D eigenvalue weighted by molar-refractivity contribution is 5.82. The van der Waals surface area contributed by atoms with Crippen molar-refractivity contribution < 1.29 is 19.4 Å². The van der Waals surface area contributed by atoms with Gasteiger partial charge in [0.05, 0.1) is 6.10 Å². The molecule has 1 fully saturated rings. The van der Waals surface area contributed by atoms with E-state index in [4.69, 9.17) is 9.84 Å². The van der Waals surface area contributed by atoms with E-state index in [-0.39, 0.29) is 18.1 Å². The Kier molecular flexibility index (Phi) is 6.08. The van der Waals surface area contributed by atoms with Gasteiger partial charge in [-0.3, -0.25) is 0 Å². The Labute approximate surface area is 114 Å². The fourth-order valence-electron chi connectivity index (χ4n) is 2.20. The van der Waals surface area contributed by atoms with Gasteiger partial charge in [0.15, 0.2) is 0 Å². The lowest BCUT2D eigenvalue weighted by Gasteiger charge is -2.33. The average Bonchev–Trinajstić information content (AvgIpc) is 2.36. The number of ether oxygens (including phenoxy) is 1. The minimum atomic E-state index is -0.993. The predicted molar refractivity (Wildman–Crippen MR) is 71.0 cm³/mol. The third kappa shape index (κ3) is 4.70. The van der Waals surface area contributed by atoms with E-state index in [1.807, 2.05) is 6.92 Å². The maximum atomic E-state index is 12.0. The van der Waals surface area contributed by atoms with Crippen LogP contribution in [0.5, 0.6) is 0 Å². The Balaban J connectivity index is 2.44. The van der Waals surface area contributed by atoms with Crippen LogP contribution in [0.1, 0.15) is 33.6 Å². The van der Waals surface area contributed by atoms with Gasteiger partial charge in [0, 0.05) is 19.7 Å². The van der Waals surface area contributed by atoms with Gasteiger partial charge in [0.2, 0.25) is 0 Å². The summed E-state index contributed by atoms with van der Waals surface area (Å²) in [5, 5.41) is 11.6. The zero-order valence-corrected chi connectivity index (χ0v) is 11.9. The van der Waals surface area contributed by atoms with E-state index in [0.717, 1.165) is 12.8 Å². The summed E-state index contributed by atoms with van der Waals surface area (Å²) in [6, 6.07) is -1.13. The van der Waals surface area contributed by atoms with Crippen molar-refractivity contribution in [2.75, 3.05) is 19.7 Å². The van der Waals surface area contributed by atoms with Crippen LogP contribution in [0.2, 0.25) is 0 Å². The van der Waals surface area contributed by atoms with Crippen LogP contribution in [0, 0.1) is 5.92 Å². The summed E-state index contributed by atoms with van der Waals surface area (Å²) in [7, 11) is 0. The van der Waals surface area contributed by atoms with Crippen LogP contribution in [0.3, 0.4) is 0 Å². The molecule has 1 saturated heterocycles. The first-order valence-electron chi connectivity index (χ1n) is 6.85. The number of carbonyl (C=O) groups is 2. The molecule has 0 aromatic heterocycles. The van der Waals surface area contributed by atoms with Gasteiger partial charge in [0.25, 0.3) is 0 Å². The maximum absolute atomic E-state index is 12.0. The number of carboxylic acid groups (broad SMARTS) is 1. The fraction of sp³-hybridized carbons (Fsp3) is 0.846. The topological polar surface area (TPSA) is 78.9 Å². The van der Waals surface area contributed by atoms with Gasteiger partial charge in [0.1, 0.15) is 6.04 Å². The lowest BCUT2D eigenvalue weighted by molar-refractivity contribution is -0.140. The number of piperidine rings is 1. The number of urea groups is 1. The number of aliphatic carboxylic acids is 1. The molecule has 0 bridgehead atoms. The number of rotatable bonds is 5. The van der Waals surface area contributed by atoms with Gasteiger partial charge in [-0.25, -0.2) is 9.59 Å². The van der Waals surface area contributed by atoms with Crippen LogP contribution in [0.15, 0.2) is 0 Å². The molecule has 0 unspecified atom stereocenters. The largest absolute Gasteiger partial charge is 0.480 e. The van der Waals surface area contributed by atoms with E-state index >= 15 is 0 Å². The van der Waals surface area contributed by atoms with Crippen molar-refractivity contribution in [2.45, 2.75) is 45.8 Å². The van der Waals surface area contributed by atoms with Crippen LogP contribution < -0.4 is 5.32 Å². The van der Waals surface area contributed by atoms with Gasteiger partial charge in [-0.2, -0.15) is 0 Å². The minimum Gasteiger partial charge on any atom is -0.480 e. The van der Waals surface area contributed by atoms with Gasteiger partial charge >= 0.3 is 12.0 Å². The summed E-state index contributed by atoms with van der Waals surface area (Å²) in [5.74, 6) is -1.13. The summed E-state index contributed by atoms with van der Waals surface area (Å²) in [4.78, 5) is 24.7. The Morgan fingerprint density at radius 1 is 1.37 bits per heavy atom. The second-order valence-electron chi connectivity index (χ2n) is 5.15. The van der Waals surface area contributed by atoms with Gasteiger partial charge < -0.3 is 20.1 Å². The molecule has 0 spiro atoms. The molecular weight excluding hydrogens is 248 g/mol. The monoisotopic (exact) mass is 272 g/mol. The van der Waals surface area contributed by atoms with E-state index in [2.05, 4.69) is 5.32 Å². The lowest BCUT2D eigenvalue weighted by atomic mass is 10.0. The highest BCUT2D eigenvalue weighted by atomic mass is 16.5. The molecule has 6 heteroatoms. The summed E-state index contributed by atoms with van der Waals surface area (Å²) in [6.45, 7) is 7.42. The predicted octanol–water partition coefficient (Wildman–Crippen LogP) is 1.31. The summed E-state index contributed by atoms with van der Waals surface area (Å²) < 4.78 is 5.52. The van der Waals surface area contributed by atoms with E-state index in [9.17, 15) is 9.59 Å². The number of nitrogens with zero attached hydrogens (tertiary/aromatic N) is 1. The van der Waals surface area contributed by atoms with Gasteiger partial charge in [-0.15, -0.1) is 0 Å². The maximum Gasteiger partial charge on any atom is 0.326 e. The van der Waals surface area contributed by atoms with Gasteiger partial charge in [-0.05, 0) is 25.7 Å². The van der Waals surface area contributed by atoms with Crippen LogP contribution in [-0.2, 0) is 9.53 Å². The molecule has 0 saturated carbocycles. The molecule has 1 rings (SSSR count). The molecule has 1 heterocycles. The highest BCUT2D eigenvalue weighted by Crippen LogP contribution is 2.14. The number of hydrogen-bond acceptors (Lipinski definition) is 3. The first kappa shape index (κ1) is 15.8. The van der Waals surface area contributed by atoms with E-state index in [0.29, 0.717) is 19.7 Å². The third-order valence-electron chi connectivity index (χ3n) is 3.34.